The predicted molar refractivity (Wildman–Crippen MR) is 112 cm³/mol. The van der Waals surface area contributed by atoms with Crippen LogP contribution in [0.2, 0.25) is 10.0 Å². The standard InChI is InChI=1S/C21H17Cl2F3N4O/c22-14-7-6-13(8-15(14)23)16-9-18(21(24,25)26)30-19(28-16)10-17(29-30)20(31)27-11-12-4-2-1-3-5-12/h1-8,10,16,18,28H,9,11H2,(H,27,31)/t16-,18+/m1/s1. The zero-order valence-corrected chi connectivity index (χ0v) is 17.5. The number of rotatable bonds is 4. The van der Waals surface area contributed by atoms with Crippen molar-refractivity contribution in [3.05, 3.63) is 81.5 Å². The number of amides is 1. The number of carbonyl (C=O) groups is 1. The molecule has 162 valence electrons. The van der Waals surface area contributed by atoms with Crippen molar-refractivity contribution in [1.29, 1.82) is 0 Å². The number of nitrogens with one attached hydrogen (secondary N) is 2. The summed E-state index contributed by atoms with van der Waals surface area (Å²) in [5, 5.41) is 10.2. The van der Waals surface area contributed by atoms with Gasteiger partial charge in [0.2, 0.25) is 0 Å². The molecule has 1 aliphatic rings. The maximum Gasteiger partial charge on any atom is 0.410 e. The Bertz CT molecular complexity index is 1100. The predicted octanol–water partition coefficient (Wildman–Crippen LogP) is 5.78. The lowest BCUT2D eigenvalue weighted by Crippen LogP contribution is -2.35. The van der Waals surface area contributed by atoms with Gasteiger partial charge >= 0.3 is 6.18 Å². The van der Waals surface area contributed by atoms with Crippen LogP contribution in [0.15, 0.2) is 54.6 Å². The quantitative estimate of drug-likeness (QED) is 0.510. The van der Waals surface area contributed by atoms with Crippen molar-refractivity contribution in [3.63, 3.8) is 0 Å². The van der Waals surface area contributed by atoms with Crippen molar-refractivity contribution in [1.82, 2.24) is 15.1 Å². The van der Waals surface area contributed by atoms with E-state index in [4.69, 9.17) is 23.2 Å². The van der Waals surface area contributed by atoms with Gasteiger partial charge in [0, 0.05) is 19.0 Å². The first kappa shape index (κ1) is 21.5. The van der Waals surface area contributed by atoms with E-state index in [1.165, 1.54) is 18.2 Å². The van der Waals surface area contributed by atoms with Crippen molar-refractivity contribution in [2.75, 3.05) is 5.32 Å². The number of hydrogen-bond donors (Lipinski definition) is 2. The van der Waals surface area contributed by atoms with Crippen LogP contribution in [-0.2, 0) is 6.54 Å². The van der Waals surface area contributed by atoms with Crippen LogP contribution in [0.3, 0.4) is 0 Å². The van der Waals surface area contributed by atoms with Crippen LogP contribution in [0.5, 0.6) is 0 Å². The minimum Gasteiger partial charge on any atom is -0.363 e. The minimum atomic E-state index is -4.55. The Morgan fingerprint density at radius 1 is 1.13 bits per heavy atom. The Kier molecular flexibility index (Phi) is 5.85. The molecule has 2 aromatic carbocycles. The van der Waals surface area contributed by atoms with Gasteiger partial charge < -0.3 is 10.6 Å². The summed E-state index contributed by atoms with van der Waals surface area (Å²) in [5.74, 6) is -0.450. The van der Waals surface area contributed by atoms with Crippen LogP contribution in [0.25, 0.3) is 0 Å². The van der Waals surface area contributed by atoms with Crippen LogP contribution >= 0.6 is 23.2 Å². The molecule has 5 nitrogen and oxygen atoms in total. The Morgan fingerprint density at radius 2 is 1.87 bits per heavy atom. The van der Waals surface area contributed by atoms with Gasteiger partial charge in [-0.15, -0.1) is 0 Å². The van der Waals surface area contributed by atoms with Crippen LogP contribution in [0.1, 0.15) is 40.1 Å². The van der Waals surface area contributed by atoms with E-state index < -0.39 is 24.2 Å². The monoisotopic (exact) mass is 468 g/mol. The largest absolute Gasteiger partial charge is 0.410 e. The molecule has 0 aliphatic carbocycles. The highest BCUT2D eigenvalue weighted by molar-refractivity contribution is 6.42. The van der Waals surface area contributed by atoms with Crippen molar-refractivity contribution >= 4 is 34.9 Å². The molecule has 0 spiro atoms. The van der Waals surface area contributed by atoms with E-state index in [1.807, 2.05) is 30.3 Å². The van der Waals surface area contributed by atoms with Gasteiger partial charge in [-0.25, -0.2) is 4.68 Å². The lowest BCUT2D eigenvalue weighted by atomic mass is 9.97. The molecule has 3 aromatic rings. The second-order valence-corrected chi connectivity index (χ2v) is 8.01. The Hall–Kier alpha value is -2.71. The number of alkyl halides is 3. The molecule has 0 unspecified atom stereocenters. The highest BCUT2D eigenvalue weighted by Gasteiger charge is 2.46. The maximum absolute atomic E-state index is 13.8. The van der Waals surface area contributed by atoms with Gasteiger partial charge in [0.15, 0.2) is 11.7 Å². The number of halogens is 5. The van der Waals surface area contributed by atoms with E-state index in [2.05, 4.69) is 15.7 Å². The number of carbonyl (C=O) groups excluding carboxylic acids is 1. The Morgan fingerprint density at radius 3 is 2.55 bits per heavy atom. The number of fused-ring (bicyclic) bond motifs is 1. The summed E-state index contributed by atoms with van der Waals surface area (Å²) in [7, 11) is 0. The molecule has 0 bridgehead atoms. The van der Waals surface area contributed by atoms with Gasteiger partial charge in [0.05, 0.1) is 16.1 Å². The number of hydrogen-bond acceptors (Lipinski definition) is 3. The molecule has 0 fully saturated rings. The number of nitrogens with zero attached hydrogens (tertiary/aromatic N) is 2. The Balaban J connectivity index is 1.59. The number of benzene rings is 2. The molecule has 2 atom stereocenters. The average Bonchev–Trinajstić information content (AvgIpc) is 3.17. The molecule has 31 heavy (non-hydrogen) atoms. The lowest BCUT2D eigenvalue weighted by Gasteiger charge is -2.33. The van der Waals surface area contributed by atoms with Crippen LogP contribution in [0, 0.1) is 0 Å². The van der Waals surface area contributed by atoms with Gasteiger partial charge in [0.25, 0.3) is 5.91 Å². The fourth-order valence-corrected chi connectivity index (χ4v) is 3.81. The average molecular weight is 469 g/mol. The van der Waals surface area contributed by atoms with E-state index in [-0.39, 0.29) is 29.5 Å². The van der Waals surface area contributed by atoms with Gasteiger partial charge in [-0.1, -0.05) is 59.6 Å². The number of aromatic nitrogens is 2. The molecule has 0 radical (unpaired) electrons. The van der Waals surface area contributed by atoms with E-state index in [0.29, 0.717) is 10.6 Å². The molecule has 0 saturated carbocycles. The second kappa shape index (κ2) is 8.43. The molecular weight excluding hydrogens is 452 g/mol. The van der Waals surface area contributed by atoms with Crippen molar-refractivity contribution in [2.45, 2.75) is 31.2 Å². The van der Waals surface area contributed by atoms with E-state index >= 15 is 0 Å². The molecule has 10 heteroatoms. The molecule has 4 rings (SSSR count). The highest BCUT2D eigenvalue weighted by atomic mass is 35.5. The highest BCUT2D eigenvalue weighted by Crippen LogP contribution is 2.44. The van der Waals surface area contributed by atoms with Crippen LogP contribution in [0.4, 0.5) is 19.0 Å². The third kappa shape index (κ3) is 4.65. The molecular formula is C21H17Cl2F3N4O. The summed E-state index contributed by atoms with van der Waals surface area (Å²) in [4.78, 5) is 12.5. The van der Waals surface area contributed by atoms with Gasteiger partial charge in [-0.2, -0.15) is 18.3 Å². The molecule has 1 amide bonds. The number of anilines is 1. The topological polar surface area (TPSA) is 59.0 Å². The summed E-state index contributed by atoms with van der Waals surface area (Å²) in [6.07, 6.45) is -4.85. The molecule has 0 saturated heterocycles. The van der Waals surface area contributed by atoms with Gasteiger partial charge in [-0.3, -0.25) is 4.79 Å². The zero-order chi connectivity index (χ0) is 22.2. The minimum absolute atomic E-state index is 0.0949. The van der Waals surface area contributed by atoms with E-state index in [0.717, 1.165) is 10.2 Å². The third-order valence-corrected chi connectivity index (χ3v) is 5.80. The fourth-order valence-electron chi connectivity index (χ4n) is 3.50. The van der Waals surface area contributed by atoms with Gasteiger partial charge in [0.1, 0.15) is 5.82 Å². The zero-order valence-electron chi connectivity index (χ0n) is 16.0. The first-order chi connectivity index (χ1) is 14.7. The molecule has 2 heterocycles. The summed E-state index contributed by atoms with van der Waals surface area (Å²) in [6, 6.07) is 12.6. The van der Waals surface area contributed by atoms with Crippen molar-refractivity contribution in [3.8, 4) is 0 Å². The molecule has 2 N–H and O–H groups in total. The third-order valence-electron chi connectivity index (χ3n) is 5.06. The Labute approximate surface area is 186 Å². The van der Waals surface area contributed by atoms with Crippen molar-refractivity contribution < 1.29 is 18.0 Å². The van der Waals surface area contributed by atoms with Crippen LogP contribution < -0.4 is 10.6 Å². The molecule has 1 aliphatic heterocycles. The summed E-state index contributed by atoms with van der Waals surface area (Å²) in [6.45, 7) is 0.240. The van der Waals surface area contributed by atoms with Gasteiger partial charge in [-0.05, 0) is 23.3 Å². The fraction of sp³-hybridized carbons (Fsp3) is 0.238. The smallest absolute Gasteiger partial charge is 0.363 e. The summed E-state index contributed by atoms with van der Waals surface area (Å²) >= 11 is 12.0. The first-order valence-corrected chi connectivity index (χ1v) is 10.2. The summed E-state index contributed by atoms with van der Waals surface area (Å²) in [5.41, 5.74) is 1.33. The normalized spacial score (nSPS) is 18.2. The second-order valence-electron chi connectivity index (χ2n) is 7.19. The van der Waals surface area contributed by atoms with E-state index in [1.54, 1.807) is 6.07 Å². The lowest BCUT2D eigenvalue weighted by molar-refractivity contribution is -0.173. The SMILES string of the molecule is O=C(NCc1ccccc1)c1cc2n(n1)[C@H](C(F)(F)F)C[C@H](c1ccc(Cl)c(Cl)c1)N2. The first-order valence-electron chi connectivity index (χ1n) is 9.42. The van der Waals surface area contributed by atoms with Crippen LogP contribution in [-0.4, -0.2) is 21.9 Å². The summed E-state index contributed by atoms with van der Waals surface area (Å²) < 4.78 is 42.2. The maximum atomic E-state index is 13.8. The van der Waals surface area contributed by atoms with Crippen molar-refractivity contribution in [2.24, 2.45) is 0 Å². The van der Waals surface area contributed by atoms with E-state index in [9.17, 15) is 18.0 Å². The molecule has 1 aromatic heterocycles.